The summed E-state index contributed by atoms with van der Waals surface area (Å²) in [7, 11) is 0. The van der Waals surface area contributed by atoms with Gasteiger partial charge in [0, 0.05) is 18.9 Å². The number of amides is 1. The predicted octanol–water partition coefficient (Wildman–Crippen LogP) is 4.50. The highest BCUT2D eigenvalue weighted by molar-refractivity contribution is 6.07. The van der Waals surface area contributed by atoms with Crippen LogP contribution < -0.4 is 5.32 Å². The van der Waals surface area contributed by atoms with Crippen molar-refractivity contribution in [2.75, 3.05) is 0 Å². The molecule has 2 unspecified atom stereocenters. The predicted molar refractivity (Wildman–Crippen MR) is 125 cm³/mol. The highest BCUT2D eigenvalue weighted by atomic mass is 19.2. The molecule has 1 saturated carbocycles. The molecule has 0 spiro atoms. The van der Waals surface area contributed by atoms with Gasteiger partial charge in [-0.3, -0.25) is 4.79 Å². The van der Waals surface area contributed by atoms with E-state index in [4.69, 9.17) is 0 Å². The van der Waals surface area contributed by atoms with Crippen LogP contribution in [0.5, 0.6) is 0 Å². The summed E-state index contributed by atoms with van der Waals surface area (Å²) in [5, 5.41) is 17.4. The Morgan fingerprint density at radius 3 is 2.59 bits per heavy atom. The van der Waals surface area contributed by atoms with Crippen LogP contribution in [0.4, 0.5) is 8.78 Å². The minimum absolute atomic E-state index is 0.0496. The van der Waals surface area contributed by atoms with Crippen LogP contribution in [0.1, 0.15) is 47.3 Å². The van der Waals surface area contributed by atoms with Gasteiger partial charge in [-0.15, -0.1) is 0 Å². The summed E-state index contributed by atoms with van der Waals surface area (Å²) in [6.07, 6.45) is 5.89. The molecule has 2 aromatic heterocycles. The number of rotatable bonds is 5. The van der Waals surface area contributed by atoms with Gasteiger partial charge in [0.2, 0.25) is 0 Å². The van der Waals surface area contributed by atoms with E-state index in [2.05, 4.69) is 10.4 Å². The van der Waals surface area contributed by atoms with Gasteiger partial charge in [0.1, 0.15) is 0 Å². The van der Waals surface area contributed by atoms with Crippen molar-refractivity contribution in [1.82, 2.24) is 19.7 Å². The molecular formula is C26H26F2N4O2. The van der Waals surface area contributed by atoms with E-state index < -0.39 is 29.7 Å². The zero-order valence-electron chi connectivity index (χ0n) is 18.8. The van der Waals surface area contributed by atoms with Gasteiger partial charge in [0.15, 0.2) is 11.6 Å². The Morgan fingerprint density at radius 1 is 1.12 bits per heavy atom. The first kappa shape index (κ1) is 22.3. The first-order valence-electron chi connectivity index (χ1n) is 11.5. The lowest BCUT2D eigenvalue weighted by atomic mass is 9.92. The number of fused-ring (bicyclic) bond motifs is 1. The summed E-state index contributed by atoms with van der Waals surface area (Å²) in [5.41, 5.74) is 3.26. The Bertz CT molecular complexity index is 1340. The maximum atomic E-state index is 14.8. The quantitative estimate of drug-likeness (QED) is 0.457. The zero-order valence-corrected chi connectivity index (χ0v) is 18.8. The van der Waals surface area contributed by atoms with E-state index in [1.54, 1.807) is 15.4 Å². The number of nitrogens with zero attached hydrogens (tertiary/aromatic N) is 3. The van der Waals surface area contributed by atoms with Gasteiger partial charge >= 0.3 is 0 Å². The molecule has 6 nitrogen and oxygen atoms in total. The summed E-state index contributed by atoms with van der Waals surface area (Å²) in [5.74, 6) is -2.56. The van der Waals surface area contributed by atoms with Crippen molar-refractivity contribution >= 4 is 16.8 Å². The van der Waals surface area contributed by atoms with Crippen LogP contribution >= 0.6 is 0 Å². The van der Waals surface area contributed by atoms with E-state index in [1.165, 1.54) is 6.07 Å². The fraction of sp³-hybridized carbons (Fsp3) is 0.308. The molecule has 1 amide bonds. The normalized spacial score (nSPS) is 18.4. The smallest absolute Gasteiger partial charge is 0.253 e. The van der Waals surface area contributed by atoms with E-state index in [-0.39, 0.29) is 10.9 Å². The minimum atomic E-state index is -1.05. The molecule has 2 N–H and O–H groups in total. The molecule has 0 bridgehead atoms. The Balaban J connectivity index is 1.46. The van der Waals surface area contributed by atoms with Crippen LogP contribution in [0, 0.1) is 18.6 Å². The molecule has 5 rings (SSSR count). The SMILES string of the molecule is Cc1ccn(-c2ccc(Cn3cc(C(=O)NC4CCCCC4O)c4c(F)c(F)ccc43)cc2)n1. The number of aryl methyl sites for hydroxylation is 1. The van der Waals surface area contributed by atoms with Crippen LogP contribution in [-0.2, 0) is 6.54 Å². The lowest BCUT2D eigenvalue weighted by Gasteiger charge is -2.28. The van der Waals surface area contributed by atoms with E-state index in [0.717, 1.165) is 35.9 Å². The number of nitrogens with one attached hydrogen (secondary N) is 1. The van der Waals surface area contributed by atoms with Gasteiger partial charge in [-0.1, -0.05) is 25.0 Å². The molecule has 176 valence electrons. The Hall–Kier alpha value is -3.52. The van der Waals surface area contributed by atoms with Crippen molar-refractivity contribution in [3.63, 3.8) is 0 Å². The number of aliphatic hydroxyl groups is 1. The molecule has 0 saturated heterocycles. The molecule has 1 aliphatic carbocycles. The molecule has 1 aliphatic rings. The molecule has 1 fully saturated rings. The fourth-order valence-corrected chi connectivity index (χ4v) is 4.66. The van der Waals surface area contributed by atoms with Gasteiger partial charge < -0.3 is 15.0 Å². The second-order valence-electron chi connectivity index (χ2n) is 8.93. The topological polar surface area (TPSA) is 72.1 Å². The van der Waals surface area contributed by atoms with Gasteiger partial charge in [0.05, 0.1) is 40.0 Å². The van der Waals surface area contributed by atoms with Crippen molar-refractivity contribution in [2.24, 2.45) is 0 Å². The average molecular weight is 465 g/mol. The lowest BCUT2D eigenvalue weighted by Crippen LogP contribution is -2.45. The first-order chi connectivity index (χ1) is 16.4. The van der Waals surface area contributed by atoms with Crippen LogP contribution in [0.15, 0.2) is 54.9 Å². The van der Waals surface area contributed by atoms with Crippen molar-refractivity contribution < 1.29 is 18.7 Å². The second kappa shape index (κ2) is 9.02. The summed E-state index contributed by atoms with van der Waals surface area (Å²) < 4.78 is 32.5. The molecular weight excluding hydrogens is 438 g/mol. The summed E-state index contributed by atoms with van der Waals surface area (Å²) in [4.78, 5) is 13.1. The van der Waals surface area contributed by atoms with E-state index >= 15 is 0 Å². The summed E-state index contributed by atoms with van der Waals surface area (Å²) in [6, 6.07) is 11.8. The largest absolute Gasteiger partial charge is 0.391 e. The number of benzene rings is 2. The Morgan fingerprint density at radius 2 is 1.88 bits per heavy atom. The maximum Gasteiger partial charge on any atom is 0.253 e. The minimum Gasteiger partial charge on any atom is -0.391 e. The molecule has 2 aromatic carbocycles. The standard InChI is InChI=1S/C26H26F2N4O2/c1-16-12-13-32(30-16)18-8-6-17(7-9-18)14-31-15-19(24-22(31)11-10-20(27)25(24)28)26(34)29-21-4-2-3-5-23(21)33/h6-13,15,21,23,33H,2-5,14H2,1H3,(H,29,34). The Labute approximate surface area is 195 Å². The third-order valence-electron chi connectivity index (χ3n) is 6.50. The van der Waals surface area contributed by atoms with E-state index in [9.17, 15) is 18.7 Å². The number of hydrogen-bond donors (Lipinski definition) is 2. The molecule has 34 heavy (non-hydrogen) atoms. The number of carbonyl (C=O) groups is 1. The van der Waals surface area contributed by atoms with Crippen LogP contribution in [0.3, 0.4) is 0 Å². The second-order valence-corrected chi connectivity index (χ2v) is 8.93. The highest BCUT2D eigenvalue weighted by Gasteiger charge is 2.27. The van der Waals surface area contributed by atoms with E-state index in [1.807, 2.05) is 43.5 Å². The van der Waals surface area contributed by atoms with Crippen LogP contribution in [0.2, 0.25) is 0 Å². The molecule has 2 atom stereocenters. The lowest BCUT2D eigenvalue weighted by molar-refractivity contribution is 0.0718. The van der Waals surface area contributed by atoms with Gasteiger partial charge in [0.25, 0.3) is 5.91 Å². The summed E-state index contributed by atoms with van der Waals surface area (Å²) in [6.45, 7) is 2.30. The molecule has 4 aromatic rings. The maximum absolute atomic E-state index is 14.8. The van der Waals surface area contributed by atoms with Crippen molar-refractivity contribution in [3.05, 3.63) is 83.3 Å². The monoisotopic (exact) mass is 464 g/mol. The Kier molecular flexibility index (Phi) is 5.91. The van der Waals surface area contributed by atoms with Gasteiger partial charge in [-0.25, -0.2) is 13.5 Å². The number of hydrogen-bond acceptors (Lipinski definition) is 3. The van der Waals surface area contributed by atoms with Gasteiger partial charge in [-0.05, 0) is 55.7 Å². The highest BCUT2D eigenvalue weighted by Crippen LogP contribution is 2.28. The van der Waals surface area contributed by atoms with Crippen LogP contribution in [0.25, 0.3) is 16.6 Å². The van der Waals surface area contributed by atoms with Crippen molar-refractivity contribution in [2.45, 2.75) is 51.3 Å². The first-order valence-corrected chi connectivity index (χ1v) is 11.5. The third-order valence-corrected chi connectivity index (χ3v) is 6.50. The summed E-state index contributed by atoms with van der Waals surface area (Å²) >= 11 is 0. The average Bonchev–Trinajstić information content (AvgIpc) is 3.42. The van der Waals surface area contributed by atoms with E-state index in [0.29, 0.717) is 24.9 Å². The molecule has 0 aliphatic heterocycles. The van der Waals surface area contributed by atoms with Crippen LogP contribution in [-0.4, -0.2) is 37.5 Å². The zero-order chi connectivity index (χ0) is 23.8. The number of aromatic nitrogens is 3. The molecule has 0 radical (unpaired) electrons. The van der Waals surface area contributed by atoms with Gasteiger partial charge in [-0.2, -0.15) is 5.10 Å². The molecule has 2 heterocycles. The number of halogens is 2. The number of aliphatic hydroxyl groups excluding tert-OH is 1. The fourth-order valence-electron chi connectivity index (χ4n) is 4.66. The van der Waals surface area contributed by atoms with Crippen molar-refractivity contribution in [1.29, 1.82) is 0 Å². The third kappa shape index (κ3) is 4.21. The number of carbonyl (C=O) groups excluding carboxylic acids is 1. The van der Waals surface area contributed by atoms with Crippen molar-refractivity contribution in [3.8, 4) is 5.69 Å². The molecule has 8 heteroatoms.